The first kappa shape index (κ1) is 16.2. The molecule has 2 rings (SSSR count). The zero-order chi connectivity index (χ0) is 16.3. The van der Waals surface area contributed by atoms with Gasteiger partial charge in [-0.15, -0.1) is 6.42 Å². The van der Waals surface area contributed by atoms with Gasteiger partial charge in [0, 0.05) is 16.7 Å². The summed E-state index contributed by atoms with van der Waals surface area (Å²) in [6.45, 7) is 8.66. The van der Waals surface area contributed by atoms with E-state index in [0.29, 0.717) is 0 Å². The van der Waals surface area contributed by atoms with Crippen LogP contribution < -0.4 is 5.73 Å². The lowest BCUT2D eigenvalue weighted by Crippen LogP contribution is -2.26. The van der Waals surface area contributed by atoms with Crippen LogP contribution in [-0.2, 0) is 5.41 Å². The molecular weight excluding hydrogens is 266 g/mol. The Labute approximate surface area is 134 Å². The molecule has 0 aliphatic rings. The summed E-state index contributed by atoms with van der Waals surface area (Å²) in [4.78, 5) is 0. The summed E-state index contributed by atoms with van der Waals surface area (Å²) in [7, 11) is 0. The maximum absolute atomic E-state index is 5.99. The highest BCUT2D eigenvalue weighted by atomic mass is 14.6. The summed E-state index contributed by atoms with van der Waals surface area (Å²) in [6.07, 6.45) is 7.65. The first-order valence-electron chi connectivity index (χ1n) is 7.92. The first-order chi connectivity index (χ1) is 10.5. The van der Waals surface area contributed by atoms with Crippen LogP contribution in [0.3, 0.4) is 0 Å². The maximum Gasteiger partial charge on any atom is 0.0343 e. The summed E-state index contributed by atoms with van der Waals surface area (Å²) >= 11 is 0. The molecule has 0 aliphatic carbocycles. The molecule has 2 N–H and O–H groups in total. The third kappa shape index (κ3) is 2.62. The van der Waals surface area contributed by atoms with Crippen LogP contribution in [-0.4, -0.2) is 0 Å². The zero-order valence-corrected chi connectivity index (χ0v) is 14.0. The predicted molar refractivity (Wildman–Crippen MR) is 96.1 cm³/mol. The second-order valence-corrected chi connectivity index (χ2v) is 6.03. The van der Waals surface area contributed by atoms with Crippen LogP contribution in [0.1, 0.15) is 54.5 Å². The fourth-order valence-corrected chi connectivity index (χ4v) is 3.33. The molecule has 2 aromatic carbocycles. The molecule has 0 radical (unpaired) electrons. The van der Waals surface area contributed by atoms with Crippen LogP contribution in [0.5, 0.6) is 0 Å². The van der Waals surface area contributed by atoms with E-state index in [9.17, 15) is 0 Å². The maximum atomic E-state index is 5.99. The second kappa shape index (κ2) is 6.28. The van der Waals surface area contributed by atoms with E-state index < -0.39 is 0 Å². The minimum absolute atomic E-state index is 0.0103. The normalized spacial score (nSPS) is 11.2. The Morgan fingerprint density at radius 2 is 1.50 bits per heavy atom. The smallest absolute Gasteiger partial charge is 0.0343 e. The molecule has 114 valence electrons. The second-order valence-electron chi connectivity index (χ2n) is 6.03. The minimum atomic E-state index is 0.0103. The van der Waals surface area contributed by atoms with E-state index in [-0.39, 0.29) is 5.41 Å². The number of benzene rings is 2. The Hall–Kier alpha value is -2.20. The van der Waals surface area contributed by atoms with Gasteiger partial charge in [0.15, 0.2) is 0 Å². The molecule has 0 saturated carbocycles. The lowest BCUT2D eigenvalue weighted by molar-refractivity contribution is 0.478. The molecule has 0 aliphatic heterocycles. The molecule has 0 atom stereocenters. The van der Waals surface area contributed by atoms with Crippen LogP contribution in [0, 0.1) is 26.2 Å². The number of anilines is 1. The van der Waals surface area contributed by atoms with Crippen molar-refractivity contribution in [2.75, 3.05) is 5.73 Å². The highest BCUT2D eigenvalue weighted by molar-refractivity contribution is 5.53. The first-order valence-corrected chi connectivity index (χ1v) is 7.92. The Morgan fingerprint density at radius 3 is 1.95 bits per heavy atom. The molecule has 0 amide bonds. The fraction of sp³-hybridized carbons (Fsp3) is 0.333. The average Bonchev–Trinajstić information content (AvgIpc) is 2.52. The van der Waals surface area contributed by atoms with Gasteiger partial charge in [0.2, 0.25) is 0 Å². The van der Waals surface area contributed by atoms with Gasteiger partial charge in [-0.2, -0.15) is 0 Å². The number of nitrogen functional groups attached to an aromatic ring is 1. The van der Waals surface area contributed by atoms with Crippen molar-refractivity contribution in [3.63, 3.8) is 0 Å². The number of nitrogens with two attached hydrogens (primary N) is 1. The molecule has 1 heteroatoms. The van der Waals surface area contributed by atoms with Gasteiger partial charge >= 0.3 is 0 Å². The van der Waals surface area contributed by atoms with E-state index in [2.05, 4.69) is 63.9 Å². The number of hydrogen-bond donors (Lipinski definition) is 1. The standard InChI is InChI=1S/C21H25N/c1-6-17-9-10-18(13-15(17)4)21(7-2,8-3)19-11-12-20(22)16(5)14-19/h1,9-14H,7-8,22H2,2-5H3. The topological polar surface area (TPSA) is 26.0 Å². The van der Waals surface area contributed by atoms with E-state index in [4.69, 9.17) is 12.2 Å². The van der Waals surface area contributed by atoms with E-state index >= 15 is 0 Å². The SMILES string of the molecule is C#Cc1ccc(C(CC)(CC)c2ccc(N)c(C)c2)cc1C. The summed E-state index contributed by atoms with van der Waals surface area (Å²) in [5.74, 6) is 2.75. The minimum Gasteiger partial charge on any atom is -0.399 e. The summed E-state index contributed by atoms with van der Waals surface area (Å²) < 4.78 is 0. The van der Waals surface area contributed by atoms with E-state index in [0.717, 1.165) is 29.7 Å². The van der Waals surface area contributed by atoms with Crippen molar-refractivity contribution in [2.24, 2.45) is 0 Å². The molecule has 0 spiro atoms. The molecule has 1 nitrogen and oxygen atoms in total. The Balaban J connectivity index is 2.64. The third-order valence-electron chi connectivity index (χ3n) is 4.96. The van der Waals surface area contributed by atoms with Gasteiger partial charge in [-0.25, -0.2) is 0 Å². The number of aryl methyl sites for hydroxylation is 2. The Bertz CT molecular complexity index is 715. The molecule has 0 bridgehead atoms. The van der Waals surface area contributed by atoms with Crippen molar-refractivity contribution >= 4 is 5.69 Å². The van der Waals surface area contributed by atoms with Crippen molar-refractivity contribution in [3.05, 3.63) is 64.2 Å². The molecule has 0 heterocycles. The highest BCUT2D eigenvalue weighted by Crippen LogP contribution is 2.40. The monoisotopic (exact) mass is 291 g/mol. The molecule has 0 unspecified atom stereocenters. The highest BCUT2D eigenvalue weighted by Gasteiger charge is 2.31. The Kier molecular flexibility index (Phi) is 4.62. The van der Waals surface area contributed by atoms with Crippen molar-refractivity contribution in [1.82, 2.24) is 0 Å². The number of rotatable bonds is 4. The largest absolute Gasteiger partial charge is 0.399 e. The van der Waals surface area contributed by atoms with Crippen molar-refractivity contribution in [1.29, 1.82) is 0 Å². The van der Waals surface area contributed by atoms with Gasteiger partial charge in [-0.1, -0.05) is 44.0 Å². The van der Waals surface area contributed by atoms with Crippen molar-refractivity contribution in [2.45, 2.75) is 46.0 Å². The zero-order valence-electron chi connectivity index (χ0n) is 14.0. The third-order valence-corrected chi connectivity index (χ3v) is 4.96. The van der Waals surface area contributed by atoms with Gasteiger partial charge in [-0.05, 0) is 61.1 Å². The summed E-state index contributed by atoms with van der Waals surface area (Å²) in [5.41, 5.74) is 12.8. The molecule has 0 fully saturated rings. The van der Waals surface area contributed by atoms with Gasteiger partial charge in [-0.3, -0.25) is 0 Å². The van der Waals surface area contributed by atoms with Gasteiger partial charge in [0.25, 0.3) is 0 Å². The van der Waals surface area contributed by atoms with E-state index in [1.165, 1.54) is 16.7 Å². The van der Waals surface area contributed by atoms with Crippen LogP contribution in [0.25, 0.3) is 0 Å². The van der Waals surface area contributed by atoms with Crippen LogP contribution in [0.15, 0.2) is 36.4 Å². The van der Waals surface area contributed by atoms with Gasteiger partial charge in [0.1, 0.15) is 0 Å². The van der Waals surface area contributed by atoms with Crippen molar-refractivity contribution in [3.8, 4) is 12.3 Å². The average molecular weight is 291 g/mol. The summed E-state index contributed by atoms with van der Waals surface area (Å²) in [5, 5.41) is 0. The number of hydrogen-bond acceptors (Lipinski definition) is 1. The van der Waals surface area contributed by atoms with Crippen LogP contribution in [0.2, 0.25) is 0 Å². The number of terminal acetylenes is 1. The summed E-state index contributed by atoms with van der Waals surface area (Å²) in [6, 6.07) is 12.9. The van der Waals surface area contributed by atoms with E-state index in [1.807, 2.05) is 6.07 Å². The van der Waals surface area contributed by atoms with Gasteiger partial charge in [0.05, 0.1) is 0 Å². The van der Waals surface area contributed by atoms with Crippen LogP contribution in [0.4, 0.5) is 5.69 Å². The predicted octanol–water partition coefficient (Wildman–Crippen LogP) is 4.97. The molecule has 2 aromatic rings. The van der Waals surface area contributed by atoms with Gasteiger partial charge < -0.3 is 5.73 Å². The Morgan fingerprint density at radius 1 is 0.955 bits per heavy atom. The van der Waals surface area contributed by atoms with Crippen molar-refractivity contribution < 1.29 is 0 Å². The molecule has 22 heavy (non-hydrogen) atoms. The van der Waals surface area contributed by atoms with E-state index in [1.54, 1.807) is 0 Å². The lowest BCUT2D eigenvalue weighted by Gasteiger charge is -2.34. The quantitative estimate of drug-likeness (QED) is 0.624. The molecule has 0 aromatic heterocycles. The lowest BCUT2D eigenvalue weighted by atomic mass is 9.70. The fourth-order valence-electron chi connectivity index (χ4n) is 3.33. The molecule has 0 saturated heterocycles. The van der Waals surface area contributed by atoms with Crippen LogP contribution >= 0.6 is 0 Å². The molecular formula is C21H25N.